The smallest absolute Gasteiger partial charge is 0.267 e. The molecule has 1 fully saturated rings. The Morgan fingerprint density at radius 2 is 1.74 bits per heavy atom. The zero-order valence-electron chi connectivity index (χ0n) is 19.8. The van der Waals surface area contributed by atoms with E-state index in [1.54, 1.807) is 0 Å². The first-order chi connectivity index (χ1) is 16.7. The second-order valence-electron chi connectivity index (χ2n) is 10.1. The molecule has 2 aliphatic heterocycles. The molecule has 0 amide bonds. The van der Waals surface area contributed by atoms with Gasteiger partial charge in [-0.05, 0) is 43.0 Å². The Morgan fingerprint density at radius 3 is 2.50 bits per heavy atom. The molecule has 0 radical (unpaired) electrons. The van der Waals surface area contributed by atoms with Crippen LogP contribution in [0.5, 0.6) is 0 Å². The molecule has 3 aliphatic rings. The van der Waals surface area contributed by atoms with E-state index < -0.39 is 0 Å². The topological polar surface area (TPSA) is 64.3 Å². The number of piperazine rings is 1. The lowest BCUT2D eigenvalue weighted by Crippen LogP contribution is -2.43. The highest BCUT2D eigenvalue weighted by molar-refractivity contribution is 5.46. The van der Waals surface area contributed by atoms with Gasteiger partial charge in [0.05, 0.1) is 5.69 Å². The lowest BCUT2D eigenvalue weighted by Gasteiger charge is -2.41. The molecule has 34 heavy (non-hydrogen) atoms. The van der Waals surface area contributed by atoms with Crippen molar-refractivity contribution in [2.45, 2.75) is 43.8 Å². The van der Waals surface area contributed by atoms with Crippen molar-refractivity contribution in [1.29, 1.82) is 0 Å². The third-order valence-corrected chi connectivity index (χ3v) is 7.93. The van der Waals surface area contributed by atoms with E-state index >= 15 is 0 Å². The van der Waals surface area contributed by atoms with Crippen LogP contribution in [-0.4, -0.2) is 53.2 Å². The summed E-state index contributed by atoms with van der Waals surface area (Å²) in [4.78, 5) is 17.5. The third-order valence-electron chi connectivity index (χ3n) is 7.93. The molecular formula is C28H33N5O. The Hall–Kier alpha value is -2.80. The van der Waals surface area contributed by atoms with Gasteiger partial charge in [-0.2, -0.15) is 5.10 Å². The molecule has 6 heteroatoms. The molecule has 0 bridgehead atoms. The maximum absolute atomic E-state index is 12.6. The number of H-pyrrole nitrogens is 1. The van der Waals surface area contributed by atoms with E-state index in [1.165, 1.54) is 16.7 Å². The summed E-state index contributed by atoms with van der Waals surface area (Å²) in [5, 5.41) is 11.4. The van der Waals surface area contributed by atoms with Crippen molar-refractivity contribution >= 4 is 0 Å². The van der Waals surface area contributed by atoms with Gasteiger partial charge in [0, 0.05) is 61.9 Å². The Bertz CT molecular complexity index is 1200. The average molecular weight is 456 g/mol. The zero-order chi connectivity index (χ0) is 23.1. The van der Waals surface area contributed by atoms with Gasteiger partial charge in [0.25, 0.3) is 5.56 Å². The summed E-state index contributed by atoms with van der Waals surface area (Å²) in [7, 11) is 2.20. The second kappa shape index (κ2) is 9.10. The van der Waals surface area contributed by atoms with Gasteiger partial charge in [-0.25, -0.2) is 5.10 Å². The first kappa shape index (κ1) is 21.7. The van der Waals surface area contributed by atoms with E-state index in [4.69, 9.17) is 0 Å². The Kier molecular flexibility index (Phi) is 5.81. The fourth-order valence-electron chi connectivity index (χ4n) is 6.05. The van der Waals surface area contributed by atoms with Crippen LogP contribution in [0.25, 0.3) is 0 Å². The average Bonchev–Trinajstić information content (AvgIpc) is 2.88. The molecule has 1 saturated heterocycles. The standard InChI is InChI=1S/C28H33N5O/c1-32-14-16-33(17-15-32)18-19-10-12-21(13-11-19)26-24(20-6-3-2-4-7-20)27-25-22(28(34)31-30-27)8-5-9-23(25)29-26/h2-4,6-7,10-13,23-24,26,29H,5,8-9,14-18H2,1H3,(H,31,34). The number of rotatable bonds is 4. The van der Waals surface area contributed by atoms with Gasteiger partial charge in [-0.1, -0.05) is 54.6 Å². The first-order valence-electron chi connectivity index (χ1n) is 12.6. The summed E-state index contributed by atoms with van der Waals surface area (Å²) in [6.45, 7) is 5.54. The minimum absolute atomic E-state index is 0.0243. The van der Waals surface area contributed by atoms with Crippen LogP contribution in [0.15, 0.2) is 59.4 Å². The number of nitrogens with zero attached hydrogens (tertiary/aromatic N) is 3. The molecule has 2 aromatic carbocycles. The molecule has 3 aromatic rings. The van der Waals surface area contributed by atoms with Crippen molar-refractivity contribution in [3.63, 3.8) is 0 Å². The molecule has 0 saturated carbocycles. The number of benzene rings is 2. The summed E-state index contributed by atoms with van der Waals surface area (Å²) >= 11 is 0. The number of hydrogen-bond acceptors (Lipinski definition) is 5. The summed E-state index contributed by atoms with van der Waals surface area (Å²) in [6, 6.07) is 20.1. The van der Waals surface area contributed by atoms with E-state index in [0.29, 0.717) is 0 Å². The summed E-state index contributed by atoms with van der Waals surface area (Å²) < 4.78 is 0. The van der Waals surface area contributed by atoms with Crippen molar-refractivity contribution < 1.29 is 0 Å². The van der Waals surface area contributed by atoms with Crippen molar-refractivity contribution in [3.8, 4) is 0 Å². The van der Waals surface area contributed by atoms with E-state index in [-0.39, 0.29) is 23.6 Å². The zero-order valence-corrected chi connectivity index (χ0v) is 19.8. The molecule has 0 spiro atoms. The van der Waals surface area contributed by atoms with E-state index in [0.717, 1.165) is 68.8 Å². The second-order valence-corrected chi connectivity index (χ2v) is 10.1. The van der Waals surface area contributed by atoms with Gasteiger partial charge in [-0.15, -0.1) is 0 Å². The van der Waals surface area contributed by atoms with Crippen LogP contribution in [0.1, 0.15) is 64.4 Å². The summed E-state index contributed by atoms with van der Waals surface area (Å²) in [5.74, 6) is 0.0598. The lowest BCUT2D eigenvalue weighted by molar-refractivity contribution is 0.148. The van der Waals surface area contributed by atoms with Crippen LogP contribution in [0, 0.1) is 0 Å². The summed E-state index contributed by atoms with van der Waals surface area (Å²) in [5.41, 5.74) is 6.96. The molecule has 3 atom stereocenters. The van der Waals surface area contributed by atoms with E-state index in [1.807, 2.05) is 0 Å². The fraction of sp³-hybridized carbons (Fsp3) is 0.429. The summed E-state index contributed by atoms with van der Waals surface area (Å²) in [6.07, 6.45) is 2.92. The molecule has 1 aliphatic carbocycles. The highest BCUT2D eigenvalue weighted by atomic mass is 16.1. The Morgan fingerprint density at radius 1 is 0.971 bits per heavy atom. The van der Waals surface area contributed by atoms with Gasteiger partial charge in [0.1, 0.15) is 0 Å². The van der Waals surface area contributed by atoms with Gasteiger partial charge in [0.15, 0.2) is 0 Å². The molecule has 2 N–H and O–H groups in total. The van der Waals surface area contributed by atoms with Crippen LogP contribution in [-0.2, 0) is 13.0 Å². The number of aromatic amines is 1. The van der Waals surface area contributed by atoms with Gasteiger partial charge < -0.3 is 10.2 Å². The number of hydrogen-bond donors (Lipinski definition) is 2. The fourth-order valence-corrected chi connectivity index (χ4v) is 6.05. The van der Waals surface area contributed by atoms with Crippen LogP contribution < -0.4 is 10.9 Å². The predicted octanol–water partition coefficient (Wildman–Crippen LogP) is 3.37. The minimum atomic E-state index is -0.0243. The number of aromatic nitrogens is 2. The van der Waals surface area contributed by atoms with Crippen LogP contribution in [0.3, 0.4) is 0 Å². The largest absolute Gasteiger partial charge is 0.304 e. The monoisotopic (exact) mass is 455 g/mol. The van der Waals surface area contributed by atoms with Crippen molar-refractivity contribution in [2.24, 2.45) is 0 Å². The molecule has 3 heterocycles. The maximum atomic E-state index is 12.6. The predicted molar refractivity (Wildman–Crippen MR) is 134 cm³/mol. The van der Waals surface area contributed by atoms with Crippen molar-refractivity contribution in [2.75, 3.05) is 33.2 Å². The first-order valence-corrected chi connectivity index (χ1v) is 12.6. The quantitative estimate of drug-likeness (QED) is 0.632. The number of likely N-dealkylation sites (N-methyl/N-ethyl adjacent to an activating group) is 1. The van der Waals surface area contributed by atoms with Crippen LogP contribution in [0.2, 0.25) is 0 Å². The third kappa shape index (κ3) is 4.00. The van der Waals surface area contributed by atoms with Gasteiger partial charge in [0.2, 0.25) is 0 Å². The SMILES string of the molecule is CN1CCN(Cc2ccc(C3NC4CCCc5c4c(n[nH]c5=O)C3c3ccccc3)cc2)CC1. The van der Waals surface area contributed by atoms with Crippen LogP contribution in [0.4, 0.5) is 0 Å². The maximum Gasteiger partial charge on any atom is 0.267 e. The Balaban J connectivity index is 1.35. The molecular weight excluding hydrogens is 422 g/mol. The molecule has 1 aromatic heterocycles. The molecule has 176 valence electrons. The van der Waals surface area contributed by atoms with Crippen molar-refractivity contribution in [1.82, 2.24) is 25.3 Å². The van der Waals surface area contributed by atoms with Gasteiger partial charge in [-0.3, -0.25) is 9.69 Å². The molecule has 3 unspecified atom stereocenters. The van der Waals surface area contributed by atoms with Crippen LogP contribution >= 0.6 is 0 Å². The normalized spacial score (nSPS) is 25.1. The Labute approximate surface area is 201 Å². The molecule has 6 rings (SSSR count). The number of nitrogens with one attached hydrogen (secondary N) is 2. The van der Waals surface area contributed by atoms with Gasteiger partial charge >= 0.3 is 0 Å². The molecule has 6 nitrogen and oxygen atoms in total. The van der Waals surface area contributed by atoms with E-state index in [9.17, 15) is 4.79 Å². The highest BCUT2D eigenvalue weighted by Gasteiger charge is 2.40. The van der Waals surface area contributed by atoms with E-state index in [2.05, 4.69) is 87.0 Å². The lowest BCUT2D eigenvalue weighted by atomic mass is 9.74. The minimum Gasteiger partial charge on any atom is -0.304 e. The van der Waals surface area contributed by atoms with Crippen molar-refractivity contribution in [3.05, 3.63) is 98.5 Å². The highest BCUT2D eigenvalue weighted by Crippen LogP contribution is 2.46.